The van der Waals surface area contributed by atoms with E-state index < -0.39 is 0 Å². The maximum absolute atomic E-state index is 12.0. The first-order valence-corrected chi connectivity index (χ1v) is 7.21. The first-order chi connectivity index (χ1) is 10.2. The second-order valence-electron chi connectivity index (χ2n) is 4.55. The number of unbranched alkanes of at least 4 members (excludes halogenated alkanes) is 1. The molecule has 6 heteroatoms. The number of nitrogens with zero attached hydrogens (tertiary/aromatic N) is 2. The average molecular weight is 305 g/mol. The van der Waals surface area contributed by atoms with Crippen LogP contribution < -0.4 is 10.6 Å². The molecule has 0 aliphatic carbocycles. The van der Waals surface area contributed by atoms with Crippen LogP contribution in [0.2, 0.25) is 5.02 Å². The van der Waals surface area contributed by atoms with E-state index in [0.29, 0.717) is 22.2 Å². The van der Waals surface area contributed by atoms with Crippen molar-refractivity contribution in [1.82, 2.24) is 10.2 Å². The number of aromatic nitrogens is 2. The summed E-state index contributed by atoms with van der Waals surface area (Å²) in [5.41, 5.74) is 0.481. The Kier molecular flexibility index (Phi) is 5.51. The zero-order chi connectivity index (χ0) is 15.1. The lowest BCUT2D eigenvalue weighted by atomic mass is 10.2. The maximum Gasteiger partial charge on any atom is 0.256 e. The summed E-state index contributed by atoms with van der Waals surface area (Å²) in [6.45, 7) is 2.99. The number of hydrogen-bond donors (Lipinski definition) is 2. The number of halogens is 1. The Morgan fingerprint density at radius 3 is 2.62 bits per heavy atom. The summed E-state index contributed by atoms with van der Waals surface area (Å²) in [4.78, 5) is 12.0. The molecular formula is C15H17ClN4O. The van der Waals surface area contributed by atoms with Crippen LogP contribution in [0.4, 0.5) is 11.6 Å². The minimum atomic E-state index is -0.265. The number of carbonyl (C=O) groups is 1. The van der Waals surface area contributed by atoms with Gasteiger partial charge >= 0.3 is 0 Å². The van der Waals surface area contributed by atoms with E-state index in [9.17, 15) is 4.79 Å². The number of amides is 1. The lowest BCUT2D eigenvalue weighted by molar-refractivity contribution is 0.102. The Hall–Kier alpha value is -2.14. The highest BCUT2D eigenvalue weighted by Crippen LogP contribution is 2.13. The number of nitrogens with one attached hydrogen (secondary N) is 2. The lowest BCUT2D eigenvalue weighted by Gasteiger charge is -2.06. The number of rotatable bonds is 6. The van der Waals surface area contributed by atoms with E-state index in [1.54, 1.807) is 36.4 Å². The molecule has 1 amide bonds. The van der Waals surface area contributed by atoms with Crippen LogP contribution in [0.15, 0.2) is 36.4 Å². The van der Waals surface area contributed by atoms with Crippen molar-refractivity contribution in [2.24, 2.45) is 0 Å². The second-order valence-corrected chi connectivity index (χ2v) is 4.99. The van der Waals surface area contributed by atoms with Crippen LogP contribution in [0.5, 0.6) is 0 Å². The minimum absolute atomic E-state index is 0.265. The van der Waals surface area contributed by atoms with Gasteiger partial charge in [-0.15, -0.1) is 10.2 Å². The van der Waals surface area contributed by atoms with Crippen LogP contribution in [0, 0.1) is 0 Å². The number of carbonyl (C=O) groups excluding carboxylic acids is 1. The van der Waals surface area contributed by atoms with E-state index in [2.05, 4.69) is 27.8 Å². The van der Waals surface area contributed by atoms with Gasteiger partial charge in [-0.25, -0.2) is 0 Å². The molecule has 0 radical (unpaired) electrons. The summed E-state index contributed by atoms with van der Waals surface area (Å²) in [5.74, 6) is 0.837. The number of anilines is 2. The highest BCUT2D eigenvalue weighted by molar-refractivity contribution is 6.31. The third kappa shape index (κ3) is 4.72. The van der Waals surface area contributed by atoms with Crippen LogP contribution in [0.25, 0.3) is 0 Å². The van der Waals surface area contributed by atoms with Gasteiger partial charge in [0.1, 0.15) is 5.82 Å². The molecule has 0 unspecified atom stereocenters. The molecule has 0 aliphatic heterocycles. The average Bonchev–Trinajstić information content (AvgIpc) is 2.49. The van der Waals surface area contributed by atoms with Crippen LogP contribution >= 0.6 is 11.6 Å². The molecule has 110 valence electrons. The fourth-order valence-corrected chi connectivity index (χ4v) is 1.89. The zero-order valence-electron chi connectivity index (χ0n) is 11.8. The molecule has 0 aliphatic rings. The van der Waals surface area contributed by atoms with Gasteiger partial charge in [0.25, 0.3) is 5.91 Å². The Labute approximate surface area is 128 Å². The van der Waals surface area contributed by atoms with Crippen molar-refractivity contribution in [2.75, 3.05) is 17.2 Å². The van der Waals surface area contributed by atoms with E-state index in [0.717, 1.165) is 19.4 Å². The summed E-state index contributed by atoms with van der Waals surface area (Å²) >= 11 is 5.86. The summed E-state index contributed by atoms with van der Waals surface area (Å²) < 4.78 is 0. The number of hydrogen-bond acceptors (Lipinski definition) is 4. The van der Waals surface area contributed by atoms with Crippen molar-refractivity contribution in [3.8, 4) is 0 Å². The topological polar surface area (TPSA) is 66.9 Å². The molecule has 21 heavy (non-hydrogen) atoms. The summed E-state index contributed by atoms with van der Waals surface area (Å²) in [6.07, 6.45) is 2.20. The summed E-state index contributed by atoms with van der Waals surface area (Å²) in [5, 5.41) is 14.3. The molecule has 0 saturated heterocycles. The van der Waals surface area contributed by atoms with Crippen molar-refractivity contribution < 1.29 is 4.79 Å². The van der Waals surface area contributed by atoms with Crippen LogP contribution in [0.1, 0.15) is 30.1 Å². The standard InChI is InChI=1S/C15H17ClN4O/c1-2-3-9-17-13-7-8-14(20-19-13)18-15(21)11-5-4-6-12(16)10-11/h4-8,10H,2-3,9H2,1H3,(H,17,19)(H,18,20,21). The molecule has 1 aromatic carbocycles. The highest BCUT2D eigenvalue weighted by atomic mass is 35.5. The van der Waals surface area contributed by atoms with E-state index in [-0.39, 0.29) is 5.91 Å². The minimum Gasteiger partial charge on any atom is -0.369 e. The van der Waals surface area contributed by atoms with Crippen molar-refractivity contribution in [1.29, 1.82) is 0 Å². The normalized spacial score (nSPS) is 10.2. The predicted octanol–water partition coefficient (Wildman–Crippen LogP) is 3.59. The second kappa shape index (κ2) is 7.59. The molecule has 5 nitrogen and oxygen atoms in total. The molecule has 1 aromatic heterocycles. The maximum atomic E-state index is 12.0. The predicted molar refractivity (Wildman–Crippen MR) is 84.8 cm³/mol. The molecule has 0 spiro atoms. The SMILES string of the molecule is CCCCNc1ccc(NC(=O)c2cccc(Cl)c2)nn1. The number of benzene rings is 1. The Morgan fingerprint density at radius 2 is 1.95 bits per heavy atom. The van der Waals surface area contributed by atoms with E-state index in [1.807, 2.05) is 0 Å². The zero-order valence-corrected chi connectivity index (χ0v) is 12.5. The molecule has 2 N–H and O–H groups in total. The third-order valence-electron chi connectivity index (χ3n) is 2.83. The van der Waals surface area contributed by atoms with Gasteiger partial charge in [-0.3, -0.25) is 4.79 Å². The van der Waals surface area contributed by atoms with Gasteiger partial charge in [-0.1, -0.05) is 31.0 Å². The summed E-state index contributed by atoms with van der Waals surface area (Å²) in [6, 6.07) is 10.2. The van der Waals surface area contributed by atoms with E-state index in [1.165, 1.54) is 0 Å². The van der Waals surface area contributed by atoms with Crippen molar-refractivity contribution in [3.63, 3.8) is 0 Å². The van der Waals surface area contributed by atoms with Gasteiger partial charge in [0, 0.05) is 17.1 Å². The van der Waals surface area contributed by atoms with Crippen molar-refractivity contribution in [2.45, 2.75) is 19.8 Å². The van der Waals surface area contributed by atoms with Gasteiger partial charge in [-0.05, 0) is 36.8 Å². The largest absolute Gasteiger partial charge is 0.369 e. The fourth-order valence-electron chi connectivity index (χ4n) is 1.70. The van der Waals surface area contributed by atoms with Crippen molar-refractivity contribution in [3.05, 3.63) is 47.0 Å². The Bertz CT molecular complexity index is 601. The molecule has 0 fully saturated rings. The monoisotopic (exact) mass is 304 g/mol. The fraction of sp³-hybridized carbons (Fsp3) is 0.267. The Morgan fingerprint density at radius 1 is 1.19 bits per heavy atom. The van der Waals surface area contributed by atoms with Gasteiger partial charge in [0.05, 0.1) is 0 Å². The Balaban J connectivity index is 1.95. The molecule has 2 rings (SSSR count). The molecule has 0 saturated carbocycles. The van der Waals surface area contributed by atoms with Gasteiger partial charge in [0.15, 0.2) is 5.82 Å². The molecular weight excluding hydrogens is 288 g/mol. The van der Waals surface area contributed by atoms with Crippen LogP contribution in [0.3, 0.4) is 0 Å². The van der Waals surface area contributed by atoms with E-state index in [4.69, 9.17) is 11.6 Å². The van der Waals surface area contributed by atoms with Gasteiger partial charge < -0.3 is 10.6 Å². The third-order valence-corrected chi connectivity index (χ3v) is 3.06. The van der Waals surface area contributed by atoms with Crippen LogP contribution in [-0.4, -0.2) is 22.6 Å². The molecule has 2 aromatic rings. The first kappa shape index (κ1) is 15.3. The smallest absolute Gasteiger partial charge is 0.256 e. The van der Waals surface area contributed by atoms with Crippen molar-refractivity contribution >= 4 is 29.1 Å². The molecule has 0 bridgehead atoms. The first-order valence-electron chi connectivity index (χ1n) is 6.83. The lowest BCUT2D eigenvalue weighted by Crippen LogP contribution is -2.13. The van der Waals surface area contributed by atoms with Gasteiger partial charge in [0.2, 0.25) is 0 Å². The molecule has 0 atom stereocenters. The highest BCUT2D eigenvalue weighted by Gasteiger charge is 2.07. The van der Waals surface area contributed by atoms with Crippen LogP contribution in [-0.2, 0) is 0 Å². The van der Waals surface area contributed by atoms with E-state index >= 15 is 0 Å². The molecule has 1 heterocycles. The quantitative estimate of drug-likeness (QED) is 0.800. The van der Waals surface area contributed by atoms with Gasteiger partial charge in [-0.2, -0.15) is 0 Å². The summed E-state index contributed by atoms with van der Waals surface area (Å²) in [7, 11) is 0.